The van der Waals surface area contributed by atoms with Crippen molar-refractivity contribution in [3.8, 4) is 5.75 Å². The minimum Gasteiger partial charge on any atom is -0.495 e. The van der Waals surface area contributed by atoms with Crippen LogP contribution in [0.4, 0.5) is 10.5 Å². The molecule has 0 bridgehead atoms. The van der Waals surface area contributed by atoms with Crippen LogP contribution in [0.25, 0.3) is 0 Å². The Labute approximate surface area is 138 Å². The highest BCUT2D eigenvalue weighted by Gasteiger charge is 2.12. The molecule has 0 aliphatic carbocycles. The van der Waals surface area contributed by atoms with Gasteiger partial charge in [-0.2, -0.15) is 0 Å². The van der Waals surface area contributed by atoms with E-state index < -0.39 is 0 Å². The number of hydrogen-bond donors (Lipinski definition) is 1. The first kappa shape index (κ1) is 16.9. The van der Waals surface area contributed by atoms with Crippen LogP contribution in [0.1, 0.15) is 30.9 Å². The molecule has 1 N–H and O–H groups in total. The average molecular weight is 312 g/mol. The Morgan fingerprint density at radius 3 is 2.39 bits per heavy atom. The van der Waals surface area contributed by atoms with Crippen molar-refractivity contribution in [2.24, 2.45) is 0 Å². The molecule has 0 heterocycles. The molecule has 0 saturated heterocycles. The van der Waals surface area contributed by atoms with Crippen molar-refractivity contribution in [3.05, 3.63) is 59.7 Å². The summed E-state index contributed by atoms with van der Waals surface area (Å²) in [6.07, 6.45) is 0. The Hall–Kier alpha value is -2.49. The summed E-state index contributed by atoms with van der Waals surface area (Å²) in [6.45, 7) is 4.89. The van der Waals surface area contributed by atoms with Crippen molar-refractivity contribution in [1.82, 2.24) is 4.90 Å². The second-order valence-electron chi connectivity index (χ2n) is 5.88. The highest BCUT2D eigenvalue weighted by Crippen LogP contribution is 2.23. The highest BCUT2D eigenvalue weighted by molar-refractivity contribution is 5.90. The maximum Gasteiger partial charge on any atom is 0.321 e. The lowest BCUT2D eigenvalue weighted by molar-refractivity contribution is 0.220. The number of hydrogen-bond acceptors (Lipinski definition) is 2. The van der Waals surface area contributed by atoms with Crippen molar-refractivity contribution in [3.63, 3.8) is 0 Å². The third-order valence-electron chi connectivity index (χ3n) is 3.76. The van der Waals surface area contributed by atoms with Gasteiger partial charge >= 0.3 is 6.03 Å². The molecule has 0 atom stereocenters. The van der Waals surface area contributed by atoms with E-state index in [1.807, 2.05) is 24.3 Å². The fraction of sp³-hybridized carbons (Fsp3) is 0.316. The summed E-state index contributed by atoms with van der Waals surface area (Å²) in [5.41, 5.74) is 3.07. The summed E-state index contributed by atoms with van der Waals surface area (Å²) in [5.74, 6) is 1.16. The topological polar surface area (TPSA) is 41.6 Å². The van der Waals surface area contributed by atoms with Crippen molar-refractivity contribution in [2.45, 2.75) is 26.3 Å². The molecule has 2 aromatic carbocycles. The summed E-state index contributed by atoms with van der Waals surface area (Å²) in [5, 5.41) is 2.87. The van der Waals surface area contributed by atoms with Gasteiger partial charge < -0.3 is 15.0 Å². The Bertz CT molecular complexity index is 651. The molecule has 0 radical (unpaired) electrons. The predicted octanol–water partition coefficient (Wildman–Crippen LogP) is 4.48. The summed E-state index contributed by atoms with van der Waals surface area (Å²) < 4.78 is 5.25. The van der Waals surface area contributed by atoms with E-state index in [9.17, 15) is 4.79 Å². The van der Waals surface area contributed by atoms with Gasteiger partial charge in [0.2, 0.25) is 0 Å². The lowest BCUT2D eigenvalue weighted by atomic mass is 10.0. The standard InChI is InChI=1S/C19H24N2O2/c1-14(2)16-11-9-15(10-12-16)13-21(3)19(22)20-17-7-5-6-8-18(17)23-4/h5-12,14H,13H2,1-4H3,(H,20,22). The van der Waals surface area contributed by atoms with Gasteiger partial charge in [0.15, 0.2) is 0 Å². The molecule has 2 amide bonds. The van der Waals surface area contributed by atoms with Crippen molar-refractivity contribution < 1.29 is 9.53 Å². The number of ether oxygens (including phenoxy) is 1. The molecular formula is C19H24N2O2. The monoisotopic (exact) mass is 312 g/mol. The minimum atomic E-state index is -0.164. The van der Waals surface area contributed by atoms with Crippen LogP contribution >= 0.6 is 0 Å². The second-order valence-corrected chi connectivity index (χ2v) is 5.88. The van der Waals surface area contributed by atoms with Crippen molar-refractivity contribution in [1.29, 1.82) is 0 Å². The van der Waals surface area contributed by atoms with E-state index in [-0.39, 0.29) is 6.03 Å². The van der Waals surface area contributed by atoms with Crippen LogP contribution in [0.2, 0.25) is 0 Å². The molecule has 2 aromatic rings. The van der Waals surface area contributed by atoms with Gasteiger partial charge in [0.25, 0.3) is 0 Å². The zero-order valence-electron chi connectivity index (χ0n) is 14.2. The van der Waals surface area contributed by atoms with Gasteiger partial charge in [-0.1, -0.05) is 50.2 Å². The SMILES string of the molecule is COc1ccccc1NC(=O)N(C)Cc1ccc(C(C)C)cc1. The van der Waals surface area contributed by atoms with Gasteiger partial charge in [0.05, 0.1) is 12.8 Å². The van der Waals surface area contributed by atoms with Crippen molar-refractivity contribution in [2.75, 3.05) is 19.5 Å². The van der Waals surface area contributed by atoms with Crippen LogP contribution in [0.15, 0.2) is 48.5 Å². The Morgan fingerprint density at radius 1 is 1.13 bits per heavy atom. The van der Waals surface area contributed by atoms with Gasteiger partial charge in [-0.25, -0.2) is 4.79 Å². The molecule has 122 valence electrons. The van der Waals surface area contributed by atoms with Crippen LogP contribution < -0.4 is 10.1 Å². The fourth-order valence-electron chi connectivity index (χ4n) is 2.31. The lowest BCUT2D eigenvalue weighted by Crippen LogP contribution is -2.30. The maximum absolute atomic E-state index is 12.3. The summed E-state index contributed by atoms with van der Waals surface area (Å²) in [4.78, 5) is 14.0. The van der Waals surface area contributed by atoms with Gasteiger partial charge in [-0.3, -0.25) is 0 Å². The van der Waals surface area contributed by atoms with Crippen LogP contribution in [-0.4, -0.2) is 25.1 Å². The Balaban J connectivity index is 1.99. The molecular weight excluding hydrogens is 288 g/mol. The Kier molecular flexibility index (Phi) is 5.63. The third-order valence-corrected chi connectivity index (χ3v) is 3.76. The number of carbonyl (C=O) groups is 1. The van der Waals surface area contributed by atoms with Crippen LogP contribution in [0.3, 0.4) is 0 Å². The van der Waals surface area contributed by atoms with E-state index in [4.69, 9.17) is 4.74 Å². The smallest absolute Gasteiger partial charge is 0.321 e. The van der Waals surface area contributed by atoms with Gasteiger partial charge in [-0.15, -0.1) is 0 Å². The molecule has 0 aliphatic rings. The van der Waals surface area contributed by atoms with E-state index in [0.717, 1.165) is 5.56 Å². The number of carbonyl (C=O) groups excluding carboxylic acids is 1. The minimum absolute atomic E-state index is 0.164. The maximum atomic E-state index is 12.3. The number of benzene rings is 2. The molecule has 0 aliphatic heterocycles. The third kappa shape index (κ3) is 4.49. The van der Waals surface area contributed by atoms with Gasteiger partial charge in [0.1, 0.15) is 5.75 Å². The molecule has 23 heavy (non-hydrogen) atoms. The van der Waals surface area contributed by atoms with E-state index in [1.54, 1.807) is 19.1 Å². The lowest BCUT2D eigenvalue weighted by Gasteiger charge is -2.19. The van der Waals surface area contributed by atoms with Crippen LogP contribution in [0, 0.1) is 0 Å². The average Bonchev–Trinajstić information content (AvgIpc) is 2.55. The number of para-hydroxylation sites is 2. The molecule has 4 heteroatoms. The molecule has 0 spiro atoms. The van der Waals surface area contributed by atoms with Crippen LogP contribution in [-0.2, 0) is 6.54 Å². The fourth-order valence-corrected chi connectivity index (χ4v) is 2.31. The van der Waals surface area contributed by atoms with Crippen LogP contribution in [0.5, 0.6) is 5.75 Å². The van der Waals surface area contributed by atoms with Gasteiger partial charge in [0, 0.05) is 13.6 Å². The molecule has 0 fully saturated rings. The quantitative estimate of drug-likeness (QED) is 0.884. The number of amides is 2. The first-order valence-corrected chi connectivity index (χ1v) is 7.75. The number of anilines is 1. The molecule has 0 aromatic heterocycles. The zero-order valence-corrected chi connectivity index (χ0v) is 14.2. The number of rotatable bonds is 5. The van der Waals surface area contributed by atoms with E-state index in [1.165, 1.54) is 5.56 Å². The summed E-state index contributed by atoms with van der Waals surface area (Å²) in [7, 11) is 3.37. The first-order chi connectivity index (χ1) is 11.0. The van der Waals surface area contributed by atoms with Gasteiger partial charge in [-0.05, 0) is 29.2 Å². The molecule has 0 unspecified atom stereocenters. The normalized spacial score (nSPS) is 10.5. The number of methoxy groups -OCH3 is 1. The van der Waals surface area contributed by atoms with E-state index in [0.29, 0.717) is 23.9 Å². The predicted molar refractivity (Wildman–Crippen MR) is 94.0 cm³/mol. The zero-order chi connectivity index (χ0) is 16.8. The number of nitrogens with zero attached hydrogens (tertiary/aromatic N) is 1. The highest BCUT2D eigenvalue weighted by atomic mass is 16.5. The molecule has 0 saturated carbocycles. The Morgan fingerprint density at radius 2 is 1.78 bits per heavy atom. The van der Waals surface area contributed by atoms with E-state index in [2.05, 4.69) is 43.4 Å². The molecule has 4 nitrogen and oxygen atoms in total. The summed E-state index contributed by atoms with van der Waals surface area (Å²) >= 11 is 0. The van der Waals surface area contributed by atoms with E-state index >= 15 is 0 Å². The first-order valence-electron chi connectivity index (χ1n) is 7.75. The largest absolute Gasteiger partial charge is 0.495 e. The summed E-state index contributed by atoms with van der Waals surface area (Å²) in [6, 6.07) is 15.6. The second kappa shape index (κ2) is 7.68. The van der Waals surface area contributed by atoms with Crippen molar-refractivity contribution >= 4 is 11.7 Å². The molecule has 2 rings (SSSR count). The number of urea groups is 1. The number of nitrogens with one attached hydrogen (secondary N) is 1.